The highest BCUT2D eigenvalue weighted by atomic mass is 16.4. The van der Waals surface area contributed by atoms with Crippen molar-refractivity contribution in [2.24, 2.45) is 0 Å². The Balaban J connectivity index is 2.24. The molecule has 122 valence electrons. The molecular weight excluding hydrogens is 294 g/mol. The van der Waals surface area contributed by atoms with Gasteiger partial charge in [-0.05, 0) is 30.5 Å². The van der Waals surface area contributed by atoms with Crippen molar-refractivity contribution >= 4 is 11.9 Å². The van der Waals surface area contributed by atoms with E-state index in [-0.39, 0.29) is 12.3 Å². The van der Waals surface area contributed by atoms with Crippen molar-refractivity contribution in [3.8, 4) is 0 Å². The van der Waals surface area contributed by atoms with Crippen LogP contribution in [0.15, 0.2) is 41.0 Å². The molecule has 1 aromatic heterocycles. The van der Waals surface area contributed by atoms with E-state index in [1.165, 1.54) is 6.26 Å². The third kappa shape index (κ3) is 4.22. The highest BCUT2D eigenvalue weighted by Crippen LogP contribution is 2.22. The first-order valence-electron chi connectivity index (χ1n) is 7.67. The molecule has 23 heavy (non-hydrogen) atoms. The van der Waals surface area contributed by atoms with Crippen LogP contribution >= 0.6 is 0 Å². The van der Waals surface area contributed by atoms with E-state index in [4.69, 9.17) is 9.52 Å². The molecule has 0 aliphatic carbocycles. The quantitative estimate of drug-likeness (QED) is 0.819. The van der Waals surface area contributed by atoms with Gasteiger partial charge < -0.3 is 14.8 Å². The van der Waals surface area contributed by atoms with Gasteiger partial charge in [0.15, 0.2) is 0 Å². The van der Waals surface area contributed by atoms with Crippen molar-refractivity contribution < 1.29 is 19.1 Å². The Hall–Kier alpha value is -2.56. The van der Waals surface area contributed by atoms with Gasteiger partial charge in [0.2, 0.25) is 0 Å². The highest BCUT2D eigenvalue weighted by molar-refractivity contribution is 5.95. The van der Waals surface area contributed by atoms with Gasteiger partial charge in [-0.3, -0.25) is 9.59 Å². The number of amides is 1. The fourth-order valence-corrected chi connectivity index (χ4v) is 2.59. The van der Waals surface area contributed by atoms with Crippen LogP contribution in [0.1, 0.15) is 53.1 Å². The molecular formula is C18H21NO4. The van der Waals surface area contributed by atoms with E-state index in [2.05, 4.69) is 5.32 Å². The Kier molecular flexibility index (Phi) is 5.57. The number of carboxylic acids is 1. The molecule has 2 N–H and O–H groups in total. The Morgan fingerprint density at radius 2 is 2.00 bits per heavy atom. The van der Waals surface area contributed by atoms with E-state index in [0.717, 1.165) is 17.5 Å². The maximum absolute atomic E-state index is 12.5. The minimum absolute atomic E-state index is 0.169. The first-order chi connectivity index (χ1) is 11.0. The second-order valence-corrected chi connectivity index (χ2v) is 5.49. The topological polar surface area (TPSA) is 79.5 Å². The van der Waals surface area contributed by atoms with E-state index in [1.54, 1.807) is 6.07 Å². The van der Waals surface area contributed by atoms with Crippen molar-refractivity contribution in [3.63, 3.8) is 0 Å². The van der Waals surface area contributed by atoms with Crippen LogP contribution in [0.25, 0.3) is 0 Å². The van der Waals surface area contributed by atoms with Gasteiger partial charge in [0.1, 0.15) is 5.76 Å². The average Bonchev–Trinajstić information content (AvgIpc) is 2.95. The molecule has 1 atom stereocenters. The zero-order chi connectivity index (χ0) is 16.8. The lowest BCUT2D eigenvalue weighted by Crippen LogP contribution is -2.31. The number of benzene rings is 1. The lowest BCUT2D eigenvalue weighted by Gasteiger charge is -2.19. The van der Waals surface area contributed by atoms with Gasteiger partial charge in [-0.2, -0.15) is 0 Å². The Bertz CT molecular complexity index is 690. The summed E-state index contributed by atoms with van der Waals surface area (Å²) in [5.41, 5.74) is 2.22. The molecule has 5 heteroatoms. The van der Waals surface area contributed by atoms with Gasteiger partial charge in [-0.1, -0.05) is 31.2 Å². The number of aliphatic carboxylic acids is 1. The number of carbonyl (C=O) groups excluding carboxylic acids is 1. The molecule has 2 aromatic rings. The van der Waals surface area contributed by atoms with Crippen molar-refractivity contribution in [1.29, 1.82) is 0 Å². The summed E-state index contributed by atoms with van der Waals surface area (Å²) < 4.78 is 5.34. The monoisotopic (exact) mass is 315 g/mol. The fraction of sp³-hybridized carbons (Fsp3) is 0.333. The van der Waals surface area contributed by atoms with Crippen LogP contribution in [-0.4, -0.2) is 17.0 Å². The molecule has 0 saturated heterocycles. The summed E-state index contributed by atoms with van der Waals surface area (Å²) in [5.74, 6) is -0.639. The third-order valence-electron chi connectivity index (χ3n) is 3.72. The standard InChI is InChI=1S/C18H21NO4/c1-3-6-16-14(9-10-23-16)18(22)19-15(11-17(20)21)13-8-5-4-7-12(13)2/h4-5,7-10,15H,3,6,11H2,1-2H3,(H,19,22)(H,20,21). The molecule has 1 heterocycles. The number of carbonyl (C=O) groups is 2. The van der Waals surface area contributed by atoms with Crippen molar-refractivity contribution in [2.45, 2.75) is 39.2 Å². The van der Waals surface area contributed by atoms with E-state index < -0.39 is 12.0 Å². The summed E-state index contributed by atoms with van der Waals surface area (Å²) in [6.07, 6.45) is 2.85. The normalized spacial score (nSPS) is 11.9. The number of hydrogen-bond acceptors (Lipinski definition) is 3. The molecule has 0 radical (unpaired) electrons. The number of hydrogen-bond donors (Lipinski definition) is 2. The van der Waals surface area contributed by atoms with Gasteiger partial charge in [-0.15, -0.1) is 0 Å². The van der Waals surface area contributed by atoms with Gasteiger partial charge in [0, 0.05) is 6.42 Å². The molecule has 0 bridgehead atoms. The van der Waals surface area contributed by atoms with Gasteiger partial charge in [-0.25, -0.2) is 0 Å². The summed E-state index contributed by atoms with van der Waals surface area (Å²) in [6.45, 7) is 3.90. The number of furan rings is 1. The third-order valence-corrected chi connectivity index (χ3v) is 3.72. The average molecular weight is 315 g/mol. The second kappa shape index (κ2) is 7.63. The van der Waals surface area contributed by atoms with Crippen LogP contribution in [0, 0.1) is 6.92 Å². The summed E-state index contributed by atoms with van der Waals surface area (Å²) in [7, 11) is 0. The first-order valence-corrected chi connectivity index (χ1v) is 7.67. The molecule has 1 aromatic carbocycles. The molecule has 1 amide bonds. The summed E-state index contributed by atoms with van der Waals surface area (Å²) >= 11 is 0. The van der Waals surface area contributed by atoms with Crippen LogP contribution in [0.3, 0.4) is 0 Å². The molecule has 0 saturated carbocycles. The van der Waals surface area contributed by atoms with E-state index in [9.17, 15) is 9.59 Å². The number of aryl methyl sites for hydroxylation is 2. The van der Waals surface area contributed by atoms with E-state index >= 15 is 0 Å². The van der Waals surface area contributed by atoms with Crippen molar-refractivity contribution in [1.82, 2.24) is 5.32 Å². The molecule has 0 aliphatic heterocycles. The maximum atomic E-state index is 12.5. The van der Waals surface area contributed by atoms with Crippen molar-refractivity contribution in [2.75, 3.05) is 0 Å². The lowest BCUT2D eigenvalue weighted by atomic mass is 9.98. The van der Waals surface area contributed by atoms with Gasteiger partial charge >= 0.3 is 5.97 Å². The smallest absolute Gasteiger partial charge is 0.305 e. The molecule has 0 aliphatic rings. The fourth-order valence-electron chi connectivity index (χ4n) is 2.59. The van der Waals surface area contributed by atoms with Crippen LogP contribution in [-0.2, 0) is 11.2 Å². The summed E-state index contributed by atoms with van der Waals surface area (Å²) in [5, 5.41) is 12.0. The molecule has 5 nitrogen and oxygen atoms in total. The largest absolute Gasteiger partial charge is 0.481 e. The molecule has 0 spiro atoms. The van der Waals surface area contributed by atoms with Gasteiger partial charge in [0.05, 0.1) is 24.3 Å². The van der Waals surface area contributed by atoms with Crippen LogP contribution in [0.2, 0.25) is 0 Å². The first kappa shape index (κ1) is 16.8. The highest BCUT2D eigenvalue weighted by Gasteiger charge is 2.22. The molecule has 0 fully saturated rings. The Morgan fingerprint density at radius 3 is 2.65 bits per heavy atom. The van der Waals surface area contributed by atoms with Crippen LogP contribution in [0.5, 0.6) is 0 Å². The Labute approximate surface area is 135 Å². The predicted octanol–water partition coefficient (Wildman–Crippen LogP) is 3.49. The maximum Gasteiger partial charge on any atom is 0.305 e. The molecule has 2 rings (SSSR count). The number of rotatable bonds is 7. The SMILES string of the molecule is CCCc1occc1C(=O)NC(CC(=O)O)c1ccccc1C. The minimum atomic E-state index is -0.959. The Morgan fingerprint density at radius 1 is 1.26 bits per heavy atom. The number of nitrogens with one attached hydrogen (secondary N) is 1. The van der Waals surface area contributed by atoms with Gasteiger partial charge in [0.25, 0.3) is 5.91 Å². The zero-order valence-corrected chi connectivity index (χ0v) is 13.3. The van der Waals surface area contributed by atoms with E-state index in [0.29, 0.717) is 17.7 Å². The van der Waals surface area contributed by atoms with Crippen LogP contribution < -0.4 is 5.32 Å². The van der Waals surface area contributed by atoms with Crippen LogP contribution in [0.4, 0.5) is 0 Å². The lowest BCUT2D eigenvalue weighted by molar-refractivity contribution is -0.137. The van der Waals surface area contributed by atoms with Crippen molar-refractivity contribution in [3.05, 3.63) is 59.0 Å². The summed E-state index contributed by atoms with van der Waals surface area (Å²) in [6, 6.07) is 8.50. The molecule has 1 unspecified atom stereocenters. The summed E-state index contributed by atoms with van der Waals surface area (Å²) in [4.78, 5) is 23.7. The zero-order valence-electron chi connectivity index (χ0n) is 13.3. The number of carboxylic acid groups (broad SMARTS) is 1. The minimum Gasteiger partial charge on any atom is -0.481 e. The van der Waals surface area contributed by atoms with E-state index in [1.807, 2.05) is 38.1 Å². The second-order valence-electron chi connectivity index (χ2n) is 5.49. The predicted molar refractivity (Wildman–Crippen MR) is 86.3 cm³/mol.